The molecule has 0 heterocycles. The molecule has 2 atom stereocenters. The molecular weight excluding hydrogens is 560 g/mol. The standard InChI is InChI=1S/C32H39F6NO3/c1-30(2)25(29(40)41)17-27(30)39(22-6-4-3-5-7-22)18-19-8-14-24-20(16-19)9-15-26(28(24)32(36,37)38)42-23-12-10-21(11-13-23)31(33,34)35/h8-9,14-16,21-23,25,27H,3-7,10-13,17-18H2,1-2H3,(H,40,41). The molecule has 0 radical (unpaired) electrons. The smallest absolute Gasteiger partial charge is 0.420 e. The summed E-state index contributed by atoms with van der Waals surface area (Å²) in [6.45, 7) is 4.49. The van der Waals surface area contributed by atoms with Gasteiger partial charge >= 0.3 is 18.3 Å². The Morgan fingerprint density at radius 1 is 0.952 bits per heavy atom. The summed E-state index contributed by atoms with van der Waals surface area (Å²) in [7, 11) is 0. The normalized spacial score (nSPS) is 27.2. The zero-order valence-electron chi connectivity index (χ0n) is 24.0. The van der Waals surface area contributed by atoms with Crippen LogP contribution in [0.2, 0.25) is 0 Å². The number of aliphatic carboxylic acids is 1. The predicted octanol–water partition coefficient (Wildman–Crippen LogP) is 8.99. The number of ether oxygens (including phenoxy) is 1. The zero-order valence-corrected chi connectivity index (χ0v) is 24.0. The van der Waals surface area contributed by atoms with E-state index in [2.05, 4.69) is 4.90 Å². The average molecular weight is 600 g/mol. The van der Waals surface area contributed by atoms with E-state index in [1.165, 1.54) is 18.6 Å². The number of alkyl halides is 6. The first kappa shape index (κ1) is 31.0. The Balaban J connectivity index is 1.40. The highest BCUT2D eigenvalue weighted by Crippen LogP contribution is 2.51. The molecule has 0 aromatic heterocycles. The lowest BCUT2D eigenvalue weighted by Gasteiger charge is -2.57. The fraction of sp³-hybridized carbons (Fsp3) is 0.656. The molecule has 0 saturated heterocycles. The second-order valence-electron chi connectivity index (χ2n) is 13.1. The number of rotatable bonds is 7. The van der Waals surface area contributed by atoms with Gasteiger partial charge in [0, 0.05) is 18.6 Å². The van der Waals surface area contributed by atoms with Crippen LogP contribution in [0.1, 0.15) is 89.2 Å². The van der Waals surface area contributed by atoms with Crippen LogP contribution in [0.4, 0.5) is 26.3 Å². The van der Waals surface area contributed by atoms with Gasteiger partial charge in [0.25, 0.3) is 0 Å². The van der Waals surface area contributed by atoms with E-state index in [1.54, 1.807) is 18.2 Å². The second kappa shape index (κ2) is 11.5. The first-order chi connectivity index (χ1) is 19.7. The monoisotopic (exact) mass is 599 g/mol. The fourth-order valence-corrected chi connectivity index (χ4v) is 7.54. The Bertz CT molecular complexity index is 1280. The van der Waals surface area contributed by atoms with E-state index in [0.717, 1.165) is 31.2 Å². The molecule has 10 heteroatoms. The third-order valence-electron chi connectivity index (χ3n) is 10.1. The Kier molecular flexibility index (Phi) is 8.51. The highest BCUT2D eigenvalue weighted by Gasteiger charge is 2.55. The van der Waals surface area contributed by atoms with E-state index in [-0.39, 0.29) is 42.9 Å². The summed E-state index contributed by atoms with van der Waals surface area (Å²) in [4.78, 5) is 14.2. The van der Waals surface area contributed by atoms with Crippen molar-refractivity contribution in [2.75, 3.05) is 0 Å². The van der Waals surface area contributed by atoms with Gasteiger partial charge in [-0.05, 0) is 78.8 Å². The lowest BCUT2D eigenvalue weighted by molar-refractivity contribution is -0.185. The summed E-state index contributed by atoms with van der Waals surface area (Å²) in [5, 5.41) is 10.1. The van der Waals surface area contributed by atoms with Crippen LogP contribution < -0.4 is 4.74 Å². The van der Waals surface area contributed by atoms with Gasteiger partial charge in [-0.2, -0.15) is 26.3 Å². The van der Waals surface area contributed by atoms with Crippen molar-refractivity contribution in [3.63, 3.8) is 0 Å². The molecule has 0 spiro atoms. The van der Waals surface area contributed by atoms with Crippen LogP contribution in [-0.2, 0) is 17.5 Å². The molecule has 1 N–H and O–H groups in total. The van der Waals surface area contributed by atoms with Crippen LogP contribution in [0.5, 0.6) is 5.75 Å². The van der Waals surface area contributed by atoms with Gasteiger partial charge in [-0.1, -0.05) is 51.3 Å². The number of carboxylic acid groups (broad SMARTS) is 1. The van der Waals surface area contributed by atoms with Crippen LogP contribution in [0.3, 0.4) is 0 Å². The van der Waals surface area contributed by atoms with Crippen molar-refractivity contribution in [2.45, 2.75) is 115 Å². The predicted molar refractivity (Wildman–Crippen MR) is 147 cm³/mol. The van der Waals surface area contributed by atoms with Crippen molar-refractivity contribution in [3.05, 3.63) is 41.5 Å². The van der Waals surface area contributed by atoms with Gasteiger partial charge in [-0.15, -0.1) is 0 Å². The summed E-state index contributed by atoms with van der Waals surface area (Å²) in [6.07, 6.45) is -3.98. The fourth-order valence-electron chi connectivity index (χ4n) is 7.54. The molecule has 2 aromatic carbocycles. The Labute approximate surface area is 242 Å². The first-order valence-electron chi connectivity index (χ1n) is 15.0. The van der Waals surface area contributed by atoms with Crippen molar-refractivity contribution >= 4 is 16.7 Å². The molecule has 3 fully saturated rings. The lowest BCUT2D eigenvalue weighted by Crippen LogP contribution is -2.62. The van der Waals surface area contributed by atoms with E-state index < -0.39 is 47.2 Å². The highest BCUT2D eigenvalue weighted by atomic mass is 19.4. The number of hydrogen-bond donors (Lipinski definition) is 1. The molecule has 3 aliphatic rings. The summed E-state index contributed by atoms with van der Waals surface area (Å²) in [6, 6.07) is 8.16. The van der Waals surface area contributed by atoms with Crippen molar-refractivity contribution in [2.24, 2.45) is 17.3 Å². The molecule has 2 unspecified atom stereocenters. The molecule has 5 rings (SSSR count). The number of carboxylic acids is 1. The van der Waals surface area contributed by atoms with Crippen molar-refractivity contribution in [3.8, 4) is 5.75 Å². The van der Waals surface area contributed by atoms with Gasteiger partial charge < -0.3 is 9.84 Å². The number of hydrogen-bond acceptors (Lipinski definition) is 3. The molecule has 0 aliphatic heterocycles. The van der Waals surface area contributed by atoms with E-state index in [4.69, 9.17) is 4.74 Å². The summed E-state index contributed by atoms with van der Waals surface area (Å²) in [5.41, 5.74) is -0.470. The minimum atomic E-state index is -4.71. The zero-order chi connectivity index (χ0) is 30.4. The lowest BCUT2D eigenvalue weighted by atomic mass is 9.57. The molecule has 232 valence electrons. The van der Waals surface area contributed by atoms with Crippen LogP contribution in [0.15, 0.2) is 30.3 Å². The molecule has 4 nitrogen and oxygen atoms in total. The van der Waals surface area contributed by atoms with Gasteiger partial charge in [-0.3, -0.25) is 9.69 Å². The van der Waals surface area contributed by atoms with Crippen LogP contribution in [0.25, 0.3) is 10.8 Å². The Morgan fingerprint density at radius 3 is 2.19 bits per heavy atom. The molecule has 2 aromatic rings. The maximum Gasteiger partial charge on any atom is 0.420 e. The second-order valence-corrected chi connectivity index (χ2v) is 13.1. The van der Waals surface area contributed by atoms with Crippen LogP contribution >= 0.6 is 0 Å². The van der Waals surface area contributed by atoms with Gasteiger partial charge in [-0.25, -0.2) is 0 Å². The third-order valence-corrected chi connectivity index (χ3v) is 10.1. The number of nitrogens with zero attached hydrogens (tertiary/aromatic N) is 1. The van der Waals surface area contributed by atoms with Gasteiger partial charge in [0.2, 0.25) is 0 Å². The molecule has 0 amide bonds. The van der Waals surface area contributed by atoms with Gasteiger partial charge in [0.1, 0.15) is 11.3 Å². The van der Waals surface area contributed by atoms with E-state index in [0.29, 0.717) is 24.4 Å². The average Bonchev–Trinajstić information content (AvgIpc) is 2.91. The van der Waals surface area contributed by atoms with Gasteiger partial charge in [0.15, 0.2) is 0 Å². The minimum absolute atomic E-state index is 0.00754. The quantitative estimate of drug-likeness (QED) is 0.323. The highest BCUT2D eigenvalue weighted by molar-refractivity contribution is 5.89. The Morgan fingerprint density at radius 2 is 1.62 bits per heavy atom. The number of halogens is 6. The Hall–Kier alpha value is -2.49. The first-order valence-corrected chi connectivity index (χ1v) is 15.0. The van der Waals surface area contributed by atoms with Crippen molar-refractivity contribution < 1.29 is 41.0 Å². The molecule has 3 saturated carbocycles. The number of benzene rings is 2. The third kappa shape index (κ3) is 6.24. The van der Waals surface area contributed by atoms with E-state index >= 15 is 0 Å². The van der Waals surface area contributed by atoms with E-state index in [1.807, 2.05) is 13.8 Å². The summed E-state index contributed by atoms with van der Waals surface area (Å²) in [5.74, 6) is -3.01. The molecule has 42 heavy (non-hydrogen) atoms. The van der Waals surface area contributed by atoms with Gasteiger partial charge in [0.05, 0.1) is 17.9 Å². The molecule has 0 bridgehead atoms. The largest absolute Gasteiger partial charge is 0.490 e. The SMILES string of the molecule is CC1(C)C(C(=O)O)CC1N(Cc1ccc2c(C(F)(F)F)c(OC3CCC(C(F)(F)F)CC3)ccc2c1)C1CCCCC1. The van der Waals surface area contributed by atoms with Crippen molar-refractivity contribution in [1.82, 2.24) is 4.90 Å². The number of carbonyl (C=O) groups is 1. The maximum atomic E-state index is 14.4. The van der Waals surface area contributed by atoms with Crippen LogP contribution in [0, 0.1) is 17.3 Å². The minimum Gasteiger partial charge on any atom is -0.490 e. The van der Waals surface area contributed by atoms with E-state index in [9.17, 15) is 36.2 Å². The van der Waals surface area contributed by atoms with Crippen LogP contribution in [-0.4, -0.2) is 40.3 Å². The van der Waals surface area contributed by atoms with Crippen molar-refractivity contribution in [1.29, 1.82) is 0 Å². The number of fused-ring (bicyclic) bond motifs is 1. The maximum absolute atomic E-state index is 14.4. The summed E-state index contributed by atoms with van der Waals surface area (Å²) >= 11 is 0. The molecular formula is C32H39F6NO3. The summed E-state index contributed by atoms with van der Waals surface area (Å²) < 4.78 is 88.0. The molecule has 3 aliphatic carbocycles. The topological polar surface area (TPSA) is 49.8 Å².